The molecule has 18 heteroatoms. The predicted molar refractivity (Wildman–Crippen MR) is 218 cm³/mol. The van der Waals surface area contributed by atoms with Crippen molar-refractivity contribution in [3.63, 3.8) is 0 Å². The van der Waals surface area contributed by atoms with Crippen LogP contribution >= 0.6 is 24.0 Å². The molecule has 0 amide bonds. The van der Waals surface area contributed by atoms with Crippen molar-refractivity contribution >= 4 is 75.8 Å². The van der Waals surface area contributed by atoms with Gasteiger partial charge in [0.25, 0.3) is 5.92 Å². The summed E-state index contributed by atoms with van der Waals surface area (Å²) < 4.78 is 34.5. The summed E-state index contributed by atoms with van der Waals surface area (Å²) in [4.78, 5) is 32.7. The van der Waals surface area contributed by atoms with Crippen LogP contribution in [0, 0.1) is 6.92 Å². The molecule has 0 radical (unpaired) electrons. The summed E-state index contributed by atoms with van der Waals surface area (Å²) in [5, 5.41) is 13.9. The molecule has 8 rings (SSSR count). The zero-order valence-electron chi connectivity index (χ0n) is 31.4. The molecule has 0 spiro atoms. The molecule has 5 N–H and O–H groups in total. The number of rotatable bonds is 5. The van der Waals surface area contributed by atoms with E-state index in [-0.39, 0.29) is 30.8 Å². The lowest BCUT2D eigenvalue weighted by atomic mass is 10.1. The number of halogens is 4. The summed E-state index contributed by atoms with van der Waals surface area (Å²) in [5.74, 6) is -0.246. The monoisotopic (exact) mass is 811 g/mol. The van der Waals surface area contributed by atoms with Crippen LogP contribution in [-0.4, -0.2) is 92.4 Å². The van der Waals surface area contributed by atoms with Crippen molar-refractivity contribution in [2.75, 3.05) is 43.5 Å². The van der Waals surface area contributed by atoms with Gasteiger partial charge in [-0.2, -0.15) is 9.78 Å². The zero-order valence-corrected chi connectivity index (χ0v) is 33.0. The molecule has 3 aliphatic rings. The topological polar surface area (TPSA) is 179 Å². The Morgan fingerprint density at radius 2 is 1.68 bits per heavy atom. The molecule has 1 atom stereocenters. The van der Waals surface area contributed by atoms with Gasteiger partial charge >= 0.3 is 6.09 Å². The second-order valence-corrected chi connectivity index (χ2v) is 13.9. The number of anilines is 4. The summed E-state index contributed by atoms with van der Waals surface area (Å²) in [6, 6.07) is 17.6. The van der Waals surface area contributed by atoms with E-state index in [4.69, 9.17) is 26.8 Å². The highest BCUT2D eigenvalue weighted by Crippen LogP contribution is 2.23. The number of nitrogens with two attached hydrogens (primary N) is 1. The van der Waals surface area contributed by atoms with Gasteiger partial charge in [-0.05, 0) is 99.3 Å². The van der Waals surface area contributed by atoms with Crippen LogP contribution in [0.4, 0.5) is 36.6 Å². The molecule has 1 unspecified atom stereocenters. The lowest BCUT2D eigenvalue weighted by Gasteiger charge is -2.25. The average Bonchev–Trinajstić information content (AvgIpc) is 3.91. The number of allylic oxidation sites excluding steroid dienone is 1. The van der Waals surface area contributed by atoms with Crippen molar-refractivity contribution in [3.05, 3.63) is 95.9 Å². The third kappa shape index (κ3) is 13.9. The molecule has 5 aromatic rings. The zero-order chi connectivity index (χ0) is 39.4. The molecule has 2 fully saturated rings. The van der Waals surface area contributed by atoms with Crippen molar-refractivity contribution in [2.45, 2.75) is 51.7 Å². The van der Waals surface area contributed by atoms with Gasteiger partial charge in [0.05, 0.1) is 38.0 Å². The van der Waals surface area contributed by atoms with E-state index in [9.17, 15) is 13.6 Å². The number of aryl methyl sites for hydroxylation is 1. The number of fused-ring (bicyclic) bond motifs is 1. The molecule has 0 bridgehead atoms. The van der Waals surface area contributed by atoms with Gasteiger partial charge in [-0.15, -0.1) is 12.4 Å². The smallest absolute Gasteiger partial charge is 0.435 e. The molecule has 3 aromatic heterocycles. The first-order chi connectivity index (χ1) is 26.2. The van der Waals surface area contributed by atoms with Crippen molar-refractivity contribution < 1.29 is 23.0 Å². The number of aromatic nitrogens is 6. The molecule has 6 heterocycles. The van der Waals surface area contributed by atoms with Gasteiger partial charge in [-0.3, -0.25) is 4.99 Å². The number of nitrogens with one attached hydrogen (secondary N) is 3. The first-order valence-corrected chi connectivity index (χ1v) is 17.9. The van der Waals surface area contributed by atoms with E-state index < -0.39 is 17.6 Å². The summed E-state index contributed by atoms with van der Waals surface area (Å²) in [5.41, 5.74) is 9.67. The van der Waals surface area contributed by atoms with Crippen LogP contribution in [0.3, 0.4) is 0 Å². The maximum absolute atomic E-state index is 12.2. The normalized spacial score (nSPS) is 16.3. The molecule has 298 valence electrons. The van der Waals surface area contributed by atoms with Crippen LogP contribution in [0.1, 0.15) is 38.6 Å². The quantitative estimate of drug-likeness (QED) is 0.130. The van der Waals surface area contributed by atoms with Crippen molar-refractivity contribution in [1.29, 1.82) is 0 Å². The number of carbonyl (C=O) groups is 1. The molecule has 3 aliphatic heterocycles. The fraction of sp³-hybridized carbons (Fsp3) is 0.342. The van der Waals surface area contributed by atoms with E-state index in [1.165, 1.54) is 15.8 Å². The third-order valence-corrected chi connectivity index (χ3v) is 7.86. The van der Waals surface area contributed by atoms with Gasteiger partial charge < -0.3 is 31.2 Å². The lowest BCUT2D eigenvalue weighted by molar-refractivity contribution is -0.0475. The SMILES string of the molecule is CC(C)(C)OC(=O)n1ncc2cc(Nc3ccnc(Cl)n3)ccc21.Cc1nccc(Nc2ccc(C3=CCN=C3)cc2)n1.Cl.FC1(F)CNC1.NC1CCOC1. The molecule has 0 saturated carbocycles. The van der Waals surface area contributed by atoms with E-state index in [1.54, 1.807) is 30.7 Å². The average molecular weight is 813 g/mol. The van der Waals surface area contributed by atoms with Gasteiger partial charge in [-0.25, -0.2) is 33.5 Å². The Labute approximate surface area is 334 Å². The number of benzene rings is 2. The van der Waals surface area contributed by atoms with Crippen LogP contribution < -0.4 is 21.7 Å². The molecule has 14 nitrogen and oxygen atoms in total. The first kappa shape index (κ1) is 43.6. The van der Waals surface area contributed by atoms with Crippen LogP contribution in [0.2, 0.25) is 5.28 Å². The van der Waals surface area contributed by atoms with Gasteiger partial charge in [0, 0.05) is 48.0 Å². The van der Waals surface area contributed by atoms with E-state index in [0.717, 1.165) is 54.6 Å². The summed E-state index contributed by atoms with van der Waals surface area (Å²) in [6.07, 6.45) is 9.49. The minimum absolute atomic E-state index is 0. The Kier molecular flexibility index (Phi) is 15.7. The van der Waals surface area contributed by atoms with Crippen LogP contribution in [0.25, 0.3) is 16.5 Å². The fourth-order valence-electron chi connectivity index (χ4n) is 4.95. The maximum Gasteiger partial charge on any atom is 0.435 e. The number of nitrogens with zero attached hydrogens (tertiary/aromatic N) is 7. The maximum atomic E-state index is 12.2. The van der Waals surface area contributed by atoms with E-state index in [2.05, 4.69) is 64.2 Å². The number of hydrogen-bond acceptors (Lipinski definition) is 13. The molecule has 2 saturated heterocycles. The Morgan fingerprint density at radius 3 is 2.21 bits per heavy atom. The highest BCUT2D eigenvalue weighted by molar-refractivity contribution is 6.28. The van der Waals surface area contributed by atoms with Gasteiger partial charge in [0.2, 0.25) is 5.28 Å². The first-order valence-electron chi connectivity index (χ1n) is 17.5. The van der Waals surface area contributed by atoms with Crippen LogP contribution in [0.15, 0.2) is 84.3 Å². The highest BCUT2D eigenvalue weighted by Gasteiger charge is 2.36. The van der Waals surface area contributed by atoms with Crippen LogP contribution in [0.5, 0.6) is 0 Å². The van der Waals surface area contributed by atoms with E-state index in [0.29, 0.717) is 17.4 Å². The molecule has 0 aliphatic carbocycles. The third-order valence-electron chi connectivity index (χ3n) is 7.68. The number of aliphatic imine (C=N–C) groups is 1. The predicted octanol–water partition coefficient (Wildman–Crippen LogP) is 7.38. The van der Waals surface area contributed by atoms with Gasteiger partial charge in [0.1, 0.15) is 23.1 Å². The second-order valence-electron chi connectivity index (χ2n) is 13.6. The summed E-state index contributed by atoms with van der Waals surface area (Å²) >= 11 is 5.77. The number of alkyl halides is 2. The Balaban J connectivity index is 0.000000191. The Bertz CT molecular complexity index is 2100. The number of carbonyl (C=O) groups excluding carboxylic acids is 1. The molecular formula is C38H45Cl2F2N11O3. The molecule has 56 heavy (non-hydrogen) atoms. The van der Waals surface area contributed by atoms with Crippen molar-refractivity contribution in [3.8, 4) is 0 Å². The number of hydrogen-bond donors (Lipinski definition) is 4. The van der Waals surface area contributed by atoms with E-state index in [1.807, 2.05) is 64.2 Å². The minimum Gasteiger partial charge on any atom is -0.442 e. The Morgan fingerprint density at radius 1 is 1.02 bits per heavy atom. The van der Waals surface area contributed by atoms with Gasteiger partial charge in [0.15, 0.2) is 0 Å². The fourth-order valence-corrected chi connectivity index (χ4v) is 5.09. The van der Waals surface area contributed by atoms with Crippen molar-refractivity contribution in [2.24, 2.45) is 10.7 Å². The van der Waals surface area contributed by atoms with Gasteiger partial charge in [-0.1, -0.05) is 18.2 Å². The largest absolute Gasteiger partial charge is 0.442 e. The second kappa shape index (κ2) is 20.2. The molecule has 2 aromatic carbocycles. The highest BCUT2D eigenvalue weighted by atomic mass is 35.5. The summed E-state index contributed by atoms with van der Waals surface area (Å²) in [7, 11) is 0. The minimum atomic E-state index is -2.39. The standard InChI is InChI=1S/C16H16ClN5O2.C15H14N4.C4H9NO.C3H5F2N.ClH/c1-16(2,3)24-15(23)22-12-5-4-11(8-10(12)9-19-22)20-13-6-7-18-14(17)21-13;1-11-17-9-7-15(18-11)19-14-4-2-12(3-5-14)13-6-8-16-10-13;5-4-1-2-6-3-4;4-3(5)1-6-2-3;/h4-9H,1-3H3,(H,18,20,21);2-7,9-10H,8H2,1H3,(H,17,18,19);4H,1-3,5H2;6H,1-2H2;1H. The number of ether oxygens (including phenoxy) is 2. The van der Waals surface area contributed by atoms with E-state index >= 15 is 0 Å². The lowest BCUT2D eigenvalue weighted by Crippen LogP contribution is -2.52. The van der Waals surface area contributed by atoms with Crippen molar-refractivity contribution in [1.82, 2.24) is 35.0 Å². The van der Waals surface area contributed by atoms with Crippen LogP contribution in [-0.2, 0) is 9.47 Å². The summed E-state index contributed by atoms with van der Waals surface area (Å²) in [6.45, 7) is 9.46. The Hall–Kier alpha value is -5.13. The molecular weight excluding hydrogens is 767 g/mol.